The van der Waals surface area contributed by atoms with E-state index < -0.39 is 0 Å². The Balaban J connectivity index is 2.20. The molecular formula is C17H22N2. The van der Waals surface area contributed by atoms with E-state index in [9.17, 15) is 0 Å². The van der Waals surface area contributed by atoms with Crippen LogP contribution in [0.25, 0.3) is 0 Å². The Labute approximate surface area is 115 Å². The zero-order chi connectivity index (χ0) is 13.8. The summed E-state index contributed by atoms with van der Waals surface area (Å²) in [6, 6.07) is 15.1. The number of hydrogen-bond donors (Lipinski definition) is 1. The summed E-state index contributed by atoms with van der Waals surface area (Å²) in [6.45, 7) is 5.78. The molecule has 0 spiro atoms. The number of benzene rings is 2. The van der Waals surface area contributed by atoms with Crippen molar-refractivity contribution in [1.82, 2.24) is 0 Å². The topological polar surface area (TPSA) is 29.3 Å². The van der Waals surface area contributed by atoms with Crippen molar-refractivity contribution in [3.8, 4) is 0 Å². The lowest BCUT2D eigenvalue weighted by molar-refractivity contribution is 0.910. The van der Waals surface area contributed by atoms with Crippen LogP contribution >= 0.6 is 0 Å². The van der Waals surface area contributed by atoms with E-state index in [0.717, 1.165) is 6.54 Å². The molecule has 0 saturated carbocycles. The lowest BCUT2D eigenvalue weighted by atomic mass is 10.1. The Bertz CT molecular complexity index is 561. The van der Waals surface area contributed by atoms with Crippen LogP contribution in [0.4, 0.5) is 5.69 Å². The Kier molecular flexibility index (Phi) is 4.23. The third-order valence-corrected chi connectivity index (χ3v) is 3.42. The van der Waals surface area contributed by atoms with Gasteiger partial charge in [-0.05, 0) is 42.2 Å². The largest absolute Gasteiger partial charge is 0.370 e. The summed E-state index contributed by atoms with van der Waals surface area (Å²) in [5, 5.41) is 0. The lowest BCUT2D eigenvalue weighted by Crippen LogP contribution is -2.17. The van der Waals surface area contributed by atoms with Gasteiger partial charge in [0.05, 0.1) is 0 Å². The van der Waals surface area contributed by atoms with Gasteiger partial charge in [-0.15, -0.1) is 0 Å². The number of anilines is 1. The summed E-state index contributed by atoms with van der Waals surface area (Å²) in [5.41, 5.74) is 12.1. The monoisotopic (exact) mass is 254 g/mol. The molecule has 0 aromatic heterocycles. The quantitative estimate of drug-likeness (QED) is 0.906. The van der Waals surface area contributed by atoms with Crippen molar-refractivity contribution in [3.63, 3.8) is 0 Å². The molecule has 0 unspecified atom stereocenters. The Morgan fingerprint density at radius 1 is 1.00 bits per heavy atom. The van der Waals surface area contributed by atoms with Crippen molar-refractivity contribution in [2.45, 2.75) is 26.9 Å². The van der Waals surface area contributed by atoms with Gasteiger partial charge in [-0.3, -0.25) is 0 Å². The summed E-state index contributed by atoms with van der Waals surface area (Å²) in [4.78, 5) is 2.29. The average Bonchev–Trinajstić information content (AvgIpc) is 2.41. The maximum atomic E-state index is 5.69. The van der Waals surface area contributed by atoms with Crippen LogP contribution in [0.2, 0.25) is 0 Å². The van der Waals surface area contributed by atoms with Crippen molar-refractivity contribution in [1.29, 1.82) is 0 Å². The summed E-state index contributed by atoms with van der Waals surface area (Å²) < 4.78 is 0. The molecule has 2 heteroatoms. The Hall–Kier alpha value is -1.80. The van der Waals surface area contributed by atoms with E-state index >= 15 is 0 Å². The van der Waals surface area contributed by atoms with Crippen LogP contribution in [0.15, 0.2) is 42.5 Å². The van der Waals surface area contributed by atoms with Crippen molar-refractivity contribution in [2.24, 2.45) is 5.73 Å². The van der Waals surface area contributed by atoms with Crippen LogP contribution < -0.4 is 10.6 Å². The summed E-state index contributed by atoms with van der Waals surface area (Å²) in [6.07, 6.45) is 0. The zero-order valence-corrected chi connectivity index (χ0v) is 12.0. The molecule has 0 aliphatic heterocycles. The maximum Gasteiger partial charge on any atom is 0.0426 e. The molecule has 2 nitrogen and oxygen atoms in total. The summed E-state index contributed by atoms with van der Waals surface area (Å²) in [7, 11) is 2.14. The van der Waals surface area contributed by atoms with Gasteiger partial charge in [0.1, 0.15) is 0 Å². The highest BCUT2D eigenvalue weighted by Gasteiger charge is 2.06. The fraction of sp³-hybridized carbons (Fsp3) is 0.294. The zero-order valence-electron chi connectivity index (χ0n) is 12.0. The first kappa shape index (κ1) is 13.6. The molecular weight excluding hydrogens is 232 g/mol. The lowest BCUT2D eigenvalue weighted by Gasteiger charge is -2.22. The normalized spacial score (nSPS) is 10.5. The molecule has 0 aliphatic carbocycles. The van der Waals surface area contributed by atoms with Gasteiger partial charge >= 0.3 is 0 Å². The van der Waals surface area contributed by atoms with Crippen LogP contribution in [-0.4, -0.2) is 7.05 Å². The molecule has 0 radical (unpaired) electrons. The third-order valence-electron chi connectivity index (χ3n) is 3.42. The average molecular weight is 254 g/mol. The molecule has 2 aromatic rings. The highest BCUT2D eigenvalue weighted by Crippen LogP contribution is 2.22. The van der Waals surface area contributed by atoms with E-state index in [2.05, 4.69) is 68.3 Å². The minimum absolute atomic E-state index is 0.598. The first-order valence-electron chi connectivity index (χ1n) is 6.66. The molecule has 0 heterocycles. The molecule has 0 saturated heterocycles. The Morgan fingerprint density at radius 2 is 1.74 bits per heavy atom. The predicted molar refractivity (Wildman–Crippen MR) is 82.4 cm³/mol. The van der Waals surface area contributed by atoms with Crippen molar-refractivity contribution in [2.75, 3.05) is 11.9 Å². The first-order valence-corrected chi connectivity index (χ1v) is 6.66. The summed E-state index contributed by atoms with van der Waals surface area (Å²) >= 11 is 0. The van der Waals surface area contributed by atoms with Gasteiger partial charge in [-0.2, -0.15) is 0 Å². The molecule has 2 aromatic carbocycles. The van der Waals surface area contributed by atoms with Crippen LogP contribution in [0, 0.1) is 13.8 Å². The molecule has 100 valence electrons. The maximum absolute atomic E-state index is 5.69. The van der Waals surface area contributed by atoms with E-state index in [0.29, 0.717) is 6.54 Å². The first-order chi connectivity index (χ1) is 9.10. The number of nitrogens with two attached hydrogens (primary N) is 1. The molecule has 19 heavy (non-hydrogen) atoms. The van der Waals surface area contributed by atoms with Crippen LogP contribution in [-0.2, 0) is 13.1 Å². The van der Waals surface area contributed by atoms with Gasteiger partial charge in [0.2, 0.25) is 0 Å². The number of rotatable bonds is 4. The molecule has 2 N–H and O–H groups in total. The molecule has 0 aliphatic rings. The fourth-order valence-electron chi connectivity index (χ4n) is 2.34. The molecule has 2 rings (SSSR count). The van der Waals surface area contributed by atoms with E-state index in [1.807, 2.05) is 0 Å². The van der Waals surface area contributed by atoms with Crippen molar-refractivity contribution >= 4 is 5.69 Å². The molecule has 0 atom stereocenters. The van der Waals surface area contributed by atoms with Gasteiger partial charge in [-0.25, -0.2) is 0 Å². The predicted octanol–water partition coefficient (Wildman–Crippen LogP) is 3.40. The van der Waals surface area contributed by atoms with Crippen LogP contribution in [0.1, 0.15) is 22.3 Å². The second kappa shape index (κ2) is 5.89. The van der Waals surface area contributed by atoms with E-state index in [1.54, 1.807) is 0 Å². The fourth-order valence-corrected chi connectivity index (χ4v) is 2.34. The smallest absolute Gasteiger partial charge is 0.0426 e. The van der Waals surface area contributed by atoms with Gasteiger partial charge in [-0.1, -0.05) is 36.4 Å². The number of hydrogen-bond acceptors (Lipinski definition) is 2. The third kappa shape index (κ3) is 3.36. The van der Waals surface area contributed by atoms with E-state index in [-0.39, 0.29) is 0 Å². The van der Waals surface area contributed by atoms with Crippen LogP contribution in [0.3, 0.4) is 0 Å². The van der Waals surface area contributed by atoms with Gasteiger partial charge in [0.25, 0.3) is 0 Å². The standard InChI is InChI=1S/C17H22N2/c1-13-7-8-14(2)17(9-13)19(3)12-16-6-4-5-15(10-16)11-18/h4-10H,11-12,18H2,1-3H3. The van der Waals surface area contributed by atoms with Crippen molar-refractivity contribution < 1.29 is 0 Å². The summed E-state index contributed by atoms with van der Waals surface area (Å²) in [5.74, 6) is 0. The minimum atomic E-state index is 0.598. The highest BCUT2D eigenvalue weighted by atomic mass is 15.1. The second-order valence-corrected chi connectivity index (χ2v) is 5.17. The van der Waals surface area contributed by atoms with Crippen molar-refractivity contribution in [3.05, 3.63) is 64.7 Å². The van der Waals surface area contributed by atoms with E-state index in [4.69, 9.17) is 5.73 Å². The van der Waals surface area contributed by atoms with Gasteiger partial charge < -0.3 is 10.6 Å². The minimum Gasteiger partial charge on any atom is -0.370 e. The van der Waals surface area contributed by atoms with Gasteiger partial charge in [0.15, 0.2) is 0 Å². The van der Waals surface area contributed by atoms with E-state index in [1.165, 1.54) is 27.9 Å². The molecule has 0 bridgehead atoms. The number of nitrogens with zero attached hydrogens (tertiary/aromatic N) is 1. The van der Waals surface area contributed by atoms with Crippen LogP contribution in [0.5, 0.6) is 0 Å². The number of aryl methyl sites for hydroxylation is 2. The van der Waals surface area contributed by atoms with Gasteiger partial charge in [0, 0.05) is 25.8 Å². The second-order valence-electron chi connectivity index (χ2n) is 5.17. The highest BCUT2D eigenvalue weighted by molar-refractivity contribution is 5.54. The molecule has 0 amide bonds. The Morgan fingerprint density at radius 3 is 2.47 bits per heavy atom. The molecule has 0 fully saturated rings. The SMILES string of the molecule is Cc1ccc(C)c(N(C)Cc2cccc(CN)c2)c1.